The van der Waals surface area contributed by atoms with Crippen LogP contribution in [0.4, 0.5) is 5.69 Å². The van der Waals surface area contributed by atoms with Crippen LogP contribution in [0, 0.1) is 10.1 Å². The van der Waals surface area contributed by atoms with Gasteiger partial charge in [-0.15, -0.1) is 0 Å². The maximum atomic E-state index is 12.8. The fourth-order valence-corrected chi connectivity index (χ4v) is 3.09. The summed E-state index contributed by atoms with van der Waals surface area (Å²) in [7, 11) is 1.56. The first kappa shape index (κ1) is 21.8. The summed E-state index contributed by atoms with van der Waals surface area (Å²) in [6, 6.07) is 18.2. The van der Waals surface area contributed by atoms with Crippen molar-refractivity contribution >= 4 is 11.5 Å². The molecule has 0 aliphatic carbocycles. The maximum Gasteiger partial charge on any atom is 0.270 e. The monoisotopic (exact) mass is 421 g/mol. The molecule has 3 aromatic rings. The van der Waals surface area contributed by atoms with Crippen molar-refractivity contribution in [2.75, 3.05) is 13.7 Å². The van der Waals surface area contributed by atoms with Crippen molar-refractivity contribution < 1.29 is 23.9 Å². The number of ether oxygens (including phenoxy) is 3. The average molecular weight is 421 g/mol. The minimum Gasteiger partial charge on any atom is -0.497 e. The van der Waals surface area contributed by atoms with Gasteiger partial charge in [0.25, 0.3) is 5.69 Å². The molecule has 7 nitrogen and oxygen atoms in total. The van der Waals surface area contributed by atoms with Crippen molar-refractivity contribution in [3.63, 3.8) is 0 Å². The first-order chi connectivity index (χ1) is 14.9. The molecule has 0 saturated carbocycles. The lowest BCUT2D eigenvalue weighted by Gasteiger charge is -2.17. The highest BCUT2D eigenvalue weighted by Gasteiger charge is 2.21. The summed E-state index contributed by atoms with van der Waals surface area (Å²) >= 11 is 0. The second kappa shape index (κ2) is 9.75. The van der Waals surface area contributed by atoms with E-state index in [0.717, 1.165) is 0 Å². The zero-order chi connectivity index (χ0) is 22.4. The first-order valence-corrected chi connectivity index (χ1v) is 9.79. The van der Waals surface area contributed by atoms with Gasteiger partial charge in [-0.2, -0.15) is 0 Å². The lowest BCUT2D eigenvalue weighted by Crippen LogP contribution is -2.24. The maximum absolute atomic E-state index is 12.8. The van der Waals surface area contributed by atoms with Gasteiger partial charge >= 0.3 is 0 Å². The molecule has 0 heterocycles. The second-order valence-electron chi connectivity index (χ2n) is 6.75. The van der Waals surface area contributed by atoms with Gasteiger partial charge in [0, 0.05) is 23.3 Å². The lowest BCUT2D eigenvalue weighted by atomic mass is 10.0. The van der Waals surface area contributed by atoms with E-state index in [0.29, 0.717) is 40.5 Å². The molecule has 0 N–H and O–H groups in total. The Bertz CT molecular complexity index is 1060. The number of nitrogens with zero attached hydrogens (tertiary/aromatic N) is 1. The molecule has 0 spiro atoms. The third-order valence-electron chi connectivity index (χ3n) is 4.70. The number of carbonyl (C=O) groups excluding carboxylic acids is 1. The number of hydrogen-bond acceptors (Lipinski definition) is 6. The van der Waals surface area contributed by atoms with Crippen molar-refractivity contribution in [2.24, 2.45) is 0 Å². The number of nitro benzene ring substituents is 1. The van der Waals surface area contributed by atoms with Gasteiger partial charge < -0.3 is 14.2 Å². The van der Waals surface area contributed by atoms with Gasteiger partial charge in [0.2, 0.25) is 5.78 Å². The Morgan fingerprint density at radius 2 is 1.65 bits per heavy atom. The van der Waals surface area contributed by atoms with Crippen molar-refractivity contribution in [3.05, 3.63) is 82.4 Å². The number of benzene rings is 3. The molecule has 0 saturated heterocycles. The van der Waals surface area contributed by atoms with E-state index >= 15 is 0 Å². The van der Waals surface area contributed by atoms with E-state index in [2.05, 4.69) is 0 Å². The summed E-state index contributed by atoms with van der Waals surface area (Å²) < 4.78 is 16.5. The zero-order valence-electron chi connectivity index (χ0n) is 17.5. The molecule has 3 rings (SSSR count). The minimum atomic E-state index is -0.795. The van der Waals surface area contributed by atoms with Crippen LogP contribution in [0.3, 0.4) is 0 Å². The zero-order valence-corrected chi connectivity index (χ0v) is 17.5. The fourth-order valence-electron chi connectivity index (χ4n) is 3.09. The van der Waals surface area contributed by atoms with Gasteiger partial charge in [-0.3, -0.25) is 14.9 Å². The SMILES string of the molecule is CCOc1ccc(C(=O)[C@H](C)Oc2ccc([N+](=O)[O-])cc2-c2ccc(OC)cc2)cc1. The Hall–Kier alpha value is -3.87. The molecule has 0 radical (unpaired) electrons. The predicted molar refractivity (Wildman–Crippen MR) is 117 cm³/mol. The van der Waals surface area contributed by atoms with Gasteiger partial charge in [0.1, 0.15) is 17.2 Å². The van der Waals surface area contributed by atoms with Crippen molar-refractivity contribution in [3.8, 4) is 28.4 Å². The third-order valence-corrected chi connectivity index (χ3v) is 4.70. The second-order valence-corrected chi connectivity index (χ2v) is 6.75. The van der Waals surface area contributed by atoms with Crippen molar-refractivity contribution in [1.29, 1.82) is 0 Å². The van der Waals surface area contributed by atoms with E-state index in [-0.39, 0.29) is 11.5 Å². The molecule has 0 aromatic heterocycles. The number of rotatable bonds is 9. The fraction of sp³-hybridized carbons (Fsp3) is 0.208. The van der Waals surface area contributed by atoms with E-state index in [1.807, 2.05) is 6.92 Å². The Labute approximate surface area is 180 Å². The van der Waals surface area contributed by atoms with Gasteiger partial charge in [0.05, 0.1) is 18.6 Å². The summed E-state index contributed by atoms with van der Waals surface area (Å²) in [5.74, 6) is 1.52. The molecular formula is C24H23NO6. The number of methoxy groups -OCH3 is 1. The Balaban J connectivity index is 1.88. The van der Waals surface area contributed by atoms with Crippen LogP contribution in [0.25, 0.3) is 11.1 Å². The Morgan fingerprint density at radius 3 is 2.23 bits per heavy atom. The molecule has 0 aliphatic heterocycles. The molecule has 0 unspecified atom stereocenters. The van der Waals surface area contributed by atoms with Crippen LogP contribution in [0.2, 0.25) is 0 Å². The highest BCUT2D eigenvalue weighted by atomic mass is 16.6. The smallest absolute Gasteiger partial charge is 0.270 e. The van der Waals surface area contributed by atoms with Crippen LogP contribution in [0.15, 0.2) is 66.7 Å². The van der Waals surface area contributed by atoms with Crippen LogP contribution in [0.5, 0.6) is 17.2 Å². The normalized spacial score (nSPS) is 11.5. The van der Waals surface area contributed by atoms with Gasteiger partial charge in [-0.1, -0.05) is 12.1 Å². The summed E-state index contributed by atoms with van der Waals surface area (Å²) in [5, 5.41) is 11.3. The van der Waals surface area contributed by atoms with Crippen LogP contribution >= 0.6 is 0 Å². The molecule has 31 heavy (non-hydrogen) atoms. The summed E-state index contributed by atoms with van der Waals surface area (Å²) in [6.07, 6.45) is -0.795. The van der Waals surface area contributed by atoms with Crippen LogP contribution in [-0.2, 0) is 0 Å². The highest BCUT2D eigenvalue weighted by Crippen LogP contribution is 2.35. The molecule has 0 aliphatic rings. The summed E-state index contributed by atoms with van der Waals surface area (Å²) in [6.45, 7) is 4.08. The summed E-state index contributed by atoms with van der Waals surface area (Å²) in [4.78, 5) is 23.6. The summed E-state index contributed by atoms with van der Waals surface area (Å²) in [5.41, 5.74) is 1.65. The van der Waals surface area contributed by atoms with E-state index in [9.17, 15) is 14.9 Å². The molecule has 0 amide bonds. The third kappa shape index (κ3) is 5.19. The van der Waals surface area contributed by atoms with E-state index in [4.69, 9.17) is 14.2 Å². The Kier molecular flexibility index (Phi) is 6.87. The van der Waals surface area contributed by atoms with Gasteiger partial charge in [0.15, 0.2) is 6.10 Å². The average Bonchev–Trinajstić information content (AvgIpc) is 2.79. The molecule has 3 aromatic carbocycles. The number of ketones is 1. The number of non-ortho nitro benzene ring substituents is 1. The standard InChI is InChI=1S/C24H23NO6/c1-4-30-21-12-7-18(8-13-21)24(26)16(2)31-23-14-9-19(25(27)28)15-22(23)17-5-10-20(29-3)11-6-17/h5-16H,4H2,1-3H3/t16-/m0/s1. The number of Topliss-reactive ketones (excluding diaryl/α,β-unsaturated/α-hetero) is 1. The van der Waals surface area contributed by atoms with Gasteiger partial charge in [-0.05, 0) is 61.9 Å². The molecule has 160 valence electrons. The van der Waals surface area contributed by atoms with Crippen LogP contribution in [0.1, 0.15) is 24.2 Å². The molecule has 0 bridgehead atoms. The van der Waals surface area contributed by atoms with Crippen molar-refractivity contribution in [1.82, 2.24) is 0 Å². The first-order valence-electron chi connectivity index (χ1n) is 9.79. The van der Waals surface area contributed by atoms with Crippen LogP contribution in [-0.4, -0.2) is 30.5 Å². The topological polar surface area (TPSA) is 87.9 Å². The number of hydrogen-bond donors (Lipinski definition) is 0. The number of carbonyl (C=O) groups is 1. The van der Waals surface area contributed by atoms with E-state index < -0.39 is 11.0 Å². The molecule has 7 heteroatoms. The predicted octanol–water partition coefficient (Wildman–Crippen LogP) is 5.32. The highest BCUT2D eigenvalue weighted by molar-refractivity contribution is 5.99. The molecule has 0 fully saturated rings. The van der Waals surface area contributed by atoms with Crippen LogP contribution < -0.4 is 14.2 Å². The quantitative estimate of drug-likeness (QED) is 0.264. The number of nitro groups is 1. The van der Waals surface area contributed by atoms with Gasteiger partial charge in [-0.25, -0.2) is 0 Å². The minimum absolute atomic E-state index is 0.0661. The van der Waals surface area contributed by atoms with E-state index in [1.54, 1.807) is 62.6 Å². The van der Waals surface area contributed by atoms with Crippen molar-refractivity contribution in [2.45, 2.75) is 20.0 Å². The lowest BCUT2D eigenvalue weighted by molar-refractivity contribution is -0.384. The Morgan fingerprint density at radius 1 is 1.00 bits per heavy atom. The molecule has 1 atom stereocenters. The van der Waals surface area contributed by atoms with E-state index in [1.165, 1.54) is 18.2 Å². The molecular weight excluding hydrogens is 398 g/mol. The largest absolute Gasteiger partial charge is 0.497 e.